The molecule has 0 atom stereocenters. The van der Waals surface area contributed by atoms with E-state index in [1.807, 2.05) is 30.0 Å². The number of carbonyl (C=O) groups excluding carboxylic acids is 1. The van der Waals surface area contributed by atoms with Crippen molar-refractivity contribution in [1.82, 2.24) is 14.9 Å². The summed E-state index contributed by atoms with van der Waals surface area (Å²) in [5.41, 5.74) is 2.85. The first-order chi connectivity index (χ1) is 15.5. The van der Waals surface area contributed by atoms with Crippen LogP contribution in [0.4, 0.5) is 27.5 Å². The third kappa shape index (κ3) is 4.67. The van der Waals surface area contributed by atoms with Gasteiger partial charge in [0, 0.05) is 41.5 Å². The first-order valence-electron chi connectivity index (χ1n) is 11.7. The Morgan fingerprint density at radius 2 is 1.85 bits per heavy atom. The summed E-state index contributed by atoms with van der Waals surface area (Å²) in [4.78, 5) is 24.9. The molecule has 1 amide bonds. The predicted molar refractivity (Wildman–Crippen MR) is 131 cm³/mol. The molecule has 0 spiro atoms. The number of piperidine rings is 1. The highest BCUT2D eigenvalue weighted by Crippen LogP contribution is 2.38. The standard InChI is InChI=1S/C25H35FN6O/c1-7-32-20-10-9-17(12-16(20)8-11-21(32)33)29-23-27-15-19(26)22(30-23)28-18-13-24(2,3)31(6)25(4,5)14-18/h9-10,12,15,18H,7-8,11,13-14H2,1-6H3,(H2,27,28,29,30). The van der Waals surface area contributed by atoms with Gasteiger partial charge in [0.25, 0.3) is 0 Å². The summed E-state index contributed by atoms with van der Waals surface area (Å²) in [5.74, 6) is 0.250. The molecule has 178 valence electrons. The average Bonchev–Trinajstić information content (AvgIpc) is 2.74. The summed E-state index contributed by atoms with van der Waals surface area (Å²) >= 11 is 0. The van der Waals surface area contributed by atoms with Crippen molar-refractivity contribution >= 4 is 29.0 Å². The van der Waals surface area contributed by atoms with Gasteiger partial charge in [-0.2, -0.15) is 4.98 Å². The lowest BCUT2D eigenvalue weighted by Gasteiger charge is -2.53. The van der Waals surface area contributed by atoms with E-state index >= 15 is 0 Å². The van der Waals surface area contributed by atoms with Gasteiger partial charge in [-0.05, 0) is 84.7 Å². The van der Waals surface area contributed by atoms with E-state index in [2.05, 4.69) is 60.2 Å². The van der Waals surface area contributed by atoms with E-state index in [-0.39, 0.29) is 28.8 Å². The van der Waals surface area contributed by atoms with Crippen molar-refractivity contribution in [3.63, 3.8) is 0 Å². The van der Waals surface area contributed by atoms with E-state index in [4.69, 9.17) is 0 Å². The van der Waals surface area contributed by atoms with Gasteiger partial charge in [-0.3, -0.25) is 9.69 Å². The lowest BCUT2D eigenvalue weighted by Crippen LogP contribution is -2.61. The quantitative estimate of drug-likeness (QED) is 0.681. The number of nitrogens with zero attached hydrogens (tertiary/aromatic N) is 4. The number of likely N-dealkylation sites (tertiary alicyclic amines) is 1. The Hall–Kier alpha value is -2.74. The lowest BCUT2D eigenvalue weighted by atomic mass is 9.77. The first-order valence-corrected chi connectivity index (χ1v) is 11.7. The van der Waals surface area contributed by atoms with Gasteiger partial charge in [-0.15, -0.1) is 0 Å². The molecule has 2 aliphatic heterocycles. The minimum absolute atomic E-state index is 0.0130. The first kappa shape index (κ1) is 23.4. The van der Waals surface area contributed by atoms with Gasteiger partial charge in [0.1, 0.15) is 0 Å². The van der Waals surface area contributed by atoms with E-state index in [1.54, 1.807) is 0 Å². The molecule has 8 heteroatoms. The van der Waals surface area contributed by atoms with Crippen molar-refractivity contribution < 1.29 is 9.18 Å². The Kier molecular flexibility index (Phi) is 6.07. The van der Waals surface area contributed by atoms with Crippen LogP contribution in [0.3, 0.4) is 0 Å². The minimum atomic E-state index is -0.461. The van der Waals surface area contributed by atoms with Crippen molar-refractivity contribution in [2.75, 3.05) is 29.1 Å². The number of carbonyl (C=O) groups is 1. The van der Waals surface area contributed by atoms with Crippen LogP contribution in [0.25, 0.3) is 0 Å². The highest BCUT2D eigenvalue weighted by Gasteiger charge is 2.43. The van der Waals surface area contributed by atoms with Crippen LogP contribution in [0.2, 0.25) is 0 Å². The Morgan fingerprint density at radius 1 is 1.15 bits per heavy atom. The molecule has 1 saturated heterocycles. The molecule has 2 aliphatic rings. The van der Waals surface area contributed by atoms with Gasteiger partial charge in [-0.1, -0.05) is 0 Å². The molecule has 0 bridgehead atoms. The molecular formula is C25H35FN6O. The second-order valence-electron chi connectivity index (χ2n) is 10.4. The topological polar surface area (TPSA) is 73.4 Å². The highest BCUT2D eigenvalue weighted by molar-refractivity contribution is 5.96. The minimum Gasteiger partial charge on any atom is -0.365 e. The molecule has 0 aliphatic carbocycles. The van der Waals surface area contributed by atoms with Crippen LogP contribution in [0.5, 0.6) is 0 Å². The number of hydrogen-bond acceptors (Lipinski definition) is 6. The number of aromatic nitrogens is 2. The van der Waals surface area contributed by atoms with Gasteiger partial charge in [0.2, 0.25) is 11.9 Å². The zero-order chi connectivity index (χ0) is 24.0. The fourth-order valence-corrected chi connectivity index (χ4v) is 5.31. The van der Waals surface area contributed by atoms with E-state index in [1.165, 1.54) is 6.20 Å². The molecule has 4 rings (SSSR count). The summed E-state index contributed by atoms with van der Waals surface area (Å²) < 4.78 is 14.6. The normalized spacial score (nSPS) is 20.5. The number of aryl methyl sites for hydroxylation is 1. The molecule has 2 N–H and O–H groups in total. The Labute approximate surface area is 195 Å². The van der Waals surface area contributed by atoms with E-state index in [0.29, 0.717) is 25.3 Å². The van der Waals surface area contributed by atoms with E-state index in [9.17, 15) is 9.18 Å². The summed E-state index contributed by atoms with van der Waals surface area (Å²) in [5, 5.41) is 6.54. The maximum absolute atomic E-state index is 14.6. The van der Waals surface area contributed by atoms with Gasteiger partial charge in [0.05, 0.1) is 6.20 Å². The van der Waals surface area contributed by atoms with Crippen LogP contribution < -0.4 is 15.5 Å². The molecule has 3 heterocycles. The second-order valence-corrected chi connectivity index (χ2v) is 10.4. The SMILES string of the molecule is CCN1C(=O)CCc2cc(Nc3ncc(F)c(NC4CC(C)(C)N(C)C(C)(C)C4)n3)ccc21. The number of rotatable bonds is 5. The van der Waals surface area contributed by atoms with Crippen molar-refractivity contribution in [2.45, 2.75) is 77.4 Å². The molecule has 0 radical (unpaired) electrons. The van der Waals surface area contributed by atoms with Crippen LogP contribution in [0.15, 0.2) is 24.4 Å². The third-order valence-electron chi connectivity index (χ3n) is 7.24. The summed E-state index contributed by atoms with van der Waals surface area (Å²) in [6, 6.07) is 5.97. The molecular weight excluding hydrogens is 419 g/mol. The number of nitrogens with one attached hydrogen (secondary N) is 2. The number of amides is 1. The van der Waals surface area contributed by atoms with Gasteiger partial charge >= 0.3 is 0 Å². The molecule has 0 saturated carbocycles. The van der Waals surface area contributed by atoms with Crippen molar-refractivity contribution in [3.8, 4) is 0 Å². The van der Waals surface area contributed by atoms with Gasteiger partial charge in [-0.25, -0.2) is 9.37 Å². The predicted octanol–water partition coefficient (Wildman–Crippen LogP) is 4.72. The van der Waals surface area contributed by atoms with Crippen LogP contribution in [-0.4, -0.2) is 51.5 Å². The van der Waals surface area contributed by atoms with Crippen LogP contribution in [-0.2, 0) is 11.2 Å². The Bertz CT molecular complexity index is 1040. The van der Waals surface area contributed by atoms with Crippen molar-refractivity contribution in [3.05, 3.63) is 35.8 Å². The van der Waals surface area contributed by atoms with Crippen LogP contribution in [0.1, 0.15) is 59.4 Å². The fourth-order valence-electron chi connectivity index (χ4n) is 5.31. The molecule has 2 aromatic rings. The maximum Gasteiger partial charge on any atom is 0.229 e. The number of benzene rings is 1. The maximum atomic E-state index is 14.6. The monoisotopic (exact) mass is 454 g/mol. The fraction of sp³-hybridized carbons (Fsp3) is 0.560. The molecule has 0 unspecified atom stereocenters. The van der Waals surface area contributed by atoms with Gasteiger partial charge < -0.3 is 15.5 Å². The van der Waals surface area contributed by atoms with Crippen molar-refractivity contribution in [1.29, 1.82) is 0 Å². The zero-order valence-corrected chi connectivity index (χ0v) is 20.5. The molecule has 1 fully saturated rings. The summed E-state index contributed by atoms with van der Waals surface area (Å²) in [6.07, 6.45) is 4.19. The Balaban J connectivity index is 1.52. The number of anilines is 4. The third-order valence-corrected chi connectivity index (χ3v) is 7.24. The van der Waals surface area contributed by atoms with Crippen molar-refractivity contribution in [2.24, 2.45) is 0 Å². The number of hydrogen-bond donors (Lipinski definition) is 2. The van der Waals surface area contributed by atoms with E-state index in [0.717, 1.165) is 29.8 Å². The largest absolute Gasteiger partial charge is 0.365 e. The number of halogens is 1. The average molecular weight is 455 g/mol. The summed E-state index contributed by atoms with van der Waals surface area (Å²) in [7, 11) is 2.15. The molecule has 1 aromatic heterocycles. The lowest BCUT2D eigenvalue weighted by molar-refractivity contribution is -0.118. The molecule has 33 heavy (non-hydrogen) atoms. The second kappa shape index (κ2) is 8.56. The zero-order valence-electron chi connectivity index (χ0n) is 20.5. The van der Waals surface area contributed by atoms with E-state index < -0.39 is 5.82 Å². The highest BCUT2D eigenvalue weighted by atomic mass is 19.1. The van der Waals surface area contributed by atoms with Crippen LogP contribution >= 0.6 is 0 Å². The number of fused-ring (bicyclic) bond motifs is 1. The summed E-state index contributed by atoms with van der Waals surface area (Å²) in [6.45, 7) is 11.5. The Morgan fingerprint density at radius 3 is 2.52 bits per heavy atom. The van der Waals surface area contributed by atoms with Gasteiger partial charge in [0.15, 0.2) is 11.6 Å². The molecule has 1 aromatic carbocycles. The molecule has 7 nitrogen and oxygen atoms in total. The smallest absolute Gasteiger partial charge is 0.229 e. The van der Waals surface area contributed by atoms with Crippen LogP contribution in [0, 0.1) is 5.82 Å².